The van der Waals surface area contributed by atoms with Gasteiger partial charge < -0.3 is 25.8 Å². The van der Waals surface area contributed by atoms with Gasteiger partial charge in [-0.15, -0.1) is 11.8 Å². The summed E-state index contributed by atoms with van der Waals surface area (Å²) >= 11 is 1.08. The van der Waals surface area contributed by atoms with Gasteiger partial charge in [-0.3, -0.25) is 33.7 Å². The average molecular weight is 722 g/mol. The number of hydrogen-bond acceptors (Lipinski definition) is 10. The molecule has 0 aliphatic carbocycles. The zero-order valence-electron chi connectivity index (χ0n) is 28.0. The smallest absolute Gasteiger partial charge is 0.325 e. The monoisotopic (exact) mass is 721 g/mol. The number of hydrogen-bond donors (Lipinski definition) is 3. The van der Waals surface area contributed by atoms with Gasteiger partial charge in [0.2, 0.25) is 23.6 Å². The van der Waals surface area contributed by atoms with Crippen LogP contribution in [-0.2, 0) is 38.2 Å². The molecular formula is C36H42N4O8PS+. The van der Waals surface area contributed by atoms with E-state index in [2.05, 4.69) is 56.5 Å². The van der Waals surface area contributed by atoms with Crippen LogP contribution in [0.3, 0.4) is 0 Å². The molecule has 1 fully saturated rings. The molecule has 0 radical (unpaired) electrons. The van der Waals surface area contributed by atoms with E-state index >= 15 is 0 Å². The number of esters is 2. The van der Waals surface area contributed by atoms with Crippen LogP contribution in [-0.4, -0.2) is 97.0 Å². The number of rotatable bonds is 17. The third kappa shape index (κ3) is 9.56. The van der Waals surface area contributed by atoms with Crippen LogP contribution < -0.4 is 32.3 Å². The van der Waals surface area contributed by atoms with Crippen molar-refractivity contribution in [3.63, 3.8) is 0 Å². The largest absolute Gasteiger partial charge is 0.468 e. The summed E-state index contributed by atoms with van der Waals surface area (Å²) < 4.78 is 9.17. The first-order valence-corrected chi connectivity index (χ1v) is 19.1. The number of benzene rings is 3. The Morgan fingerprint density at radius 3 is 1.92 bits per heavy atom. The molecule has 0 saturated carbocycles. The second-order valence-corrected chi connectivity index (χ2v) is 16.4. The number of carbonyl (C=O) groups excluding carboxylic acids is 6. The van der Waals surface area contributed by atoms with Gasteiger partial charge in [-0.1, -0.05) is 54.6 Å². The Bertz CT molecular complexity index is 1550. The van der Waals surface area contributed by atoms with Crippen LogP contribution in [0.5, 0.6) is 0 Å². The number of carbonyl (C=O) groups is 6. The fourth-order valence-corrected chi connectivity index (χ4v) is 11.1. The highest BCUT2D eigenvalue weighted by Gasteiger charge is 2.48. The second-order valence-electron chi connectivity index (χ2n) is 11.5. The SMILES string of the molecule is COC(=O)CNC(=O)C(CSC1CC(=O)N(CC[P+](c2ccccc2)(c2ccccc2)c2ccccc2)C1=O)NC(=O)CCC(N)C(=O)OC. The van der Waals surface area contributed by atoms with Crippen molar-refractivity contribution in [3.8, 4) is 0 Å². The maximum Gasteiger partial charge on any atom is 0.325 e. The molecule has 12 nitrogen and oxygen atoms in total. The molecule has 3 atom stereocenters. The Balaban J connectivity index is 1.50. The molecule has 0 aromatic heterocycles. The Kier molecular flexibility index (Phi) is 14.1. The fraction of sp³-hybridized carbons (Fsp3) is 0.333. The van der Waals surface area contributed by atoms with Gasteiger partial charge >= 0.3 is 11.9 Å². The molecular weight excluding hydrogens is 679 g/mol. The second kappa shape index (κ2) is 18.4. The predicted molar refractivity (Wildman–Crippen MR) is 194 cm³/mol. The van der Waals surface area contributed by atoms with Crippen molar-refractivity contribution in [2.45, 2.75) is 36.6 Å². The van der Waals surface area contributed by atoms with Crippen LogP contribution in [0.2, 0.25) is 0 Å². The lowest BCUT2D eigenvalue weighted by Crippen LogP contribution is -2.50. The minimum Gasteiger partial charge on any atom is -0.468 e. The Labute approximate surface area is 296 Å². The molecule has 3 unspecified atom stereocenters. The third-order valence-corrected chi connectivity index (χ3v) is 14.1. The lowest BCUT2D eigenvalue weighted by molar-refractivity contribution is -0.142. The summed E-state index contributed by atoms with van der Waals surface area (Å²) in [7, 11) is 0.0519. The summed E-state index contributed by atoms with van der Waals surface area (Å²) in [5.74, 6) is -3.34. The van der Waals surface area contributed by atoms with Crippen LogP contribution in [0.25, 0.3) is 0 Å². The third-order valence-electron chi connectivity index (χ3n) is 8.39. The molecule has 4 amide bonds. The first-order valence-electron chi connectivity index (χ1n) is 16.1. The van der Waals surface area contributed by atoms with Crippen LogP contribution in [0.4, 0.5) is 0 Å². The van der Waals surface area contributed by atoms with Crippen LogP contribution in [0.1, 0.15) is 19.3 Å². The number of methoxy groups -OCH3 is 2. The van der Waals surface area contributed by atoms with E-state index in [0.29, 0.717) is 6.16 Å². The van der Waals surface area contributed by atoms with Crippen LogP contribution in [0, 0.1) is 0 Å². The Hall–Kier alpha value is -4.58. The first kappa shape index (κ1) is 38.2. The molecule has 3 aromatic carbocycles. The minimum absolute atomic E-state index is 0.0220. The molecule has 0 bridgehead atoms. The summed E-state index contributed by atoms with van der Waals surface area (Å²) in [6.45, 7) is -0.231. The van der Waals surface area contributed by atoms with Crippen LogP contribution >= 0.6 is 19.0 Å². The number of imide groups is 1. The molecule has 50 heavy (non-hydrogen) atoms. The number of amides is 4. The van der Waals surface area contributed by atoms with Crippen molar-refractivity contribution < 1.29 is 38.2 Å². The van der Waals surface area contributed by atoms with Gasteiger partial charge in [0.05, 0.1) is 32.2 Å². The van der Waals surface area contributed by atoms with Crippen molar-refractivity contribution in [1.82, 2.24) is 15.5 Å². The molecule has 0 spiro atoms. The van der Waals surface area contributed by atoms with E-state index < -0.39 is 54.9 Å². The molecule has 1 aliphatic rings. The van der Waals surface area contributed by atoms with Gasteiger partial charge in [0.1, 0.15) is 41.8 Å². The van der Waals surface area contributed by atoms with E-state index in [9.17, 15) is 28.8 Å². The maximum absolute atomic E-state index is 13.8. The quantitative estimate of drug-likeness (QED) is 0.103. The van der Waals surface area contributed by atoms with Gasteiger partial charge in [0, 0.05) is 18.6 Å². The molecule has 1 aliphatic heterocycles. The topological polar surface area (TPSA) is 174 Å². The summed E-state index contributed by atoms with van der Waals surface area (Å²) in [5, 5.41) is 7.63. The van der Waals surface area contributed by atoms with Crippen molar-refractivity contribution in [3.05, 3.63) is 91.0 Å². The lowest BCUT2D eigenvalue weighted by atomic mass is 10.1. The number of likely N-dealkylation sites (tertiary alicyclic amines) is 1. The van der Waals surface area contributed by atoms with Crippen LogP contribution in [0.15, 0.2) is 91.0 Å². The minimum atomic E-state index is -2.31. The summed E-state index contributed by atoms with van der Waals surface area (Å²) in [5.41, 5.74) is 5.73. The van der Waals surface area contributed by atoms with Crippen molar-refractivity contribution in [2.75, 3.05) is 39.2 Å². The molecule has 4 N–H and O–H groups in total. The molecule has 1 saturated heterocycles. The summed E-state index contributed by atoms with van der Waals surface area (Å²) in [6.07, 6.45) is 0.273. The summed E-state index contributed by atoms with van der Waals surface area (Å²) in [6, 6.07) is 28.3. The Morgan fingerprint density at radius 1 is 0.880 bits per heavy atom. The van der Waals surface area contributed by atoms with E-state index in [0.717, 1.165) is 27.7 Å². The van der Waals surface area contributed by atoms with Gasteiger partial charge in [-0.25, -0.2) is 0 Å². The molecule has 3 aromatic rings. The van der Waals surface area contributed by atoms with Crippen molar-refractivity contribution in [2.24, 2.45) is 5.73 Å². The van der Waals surface area contributed by atoms with E-state index in [-0.39, 0.29) is 43.4 Å². The Morgan fingerprint density at radius 2 is 1.42 bits per heavy atom. The predicted octanol–water partition coefficient (Wildman–Crippen LogP) is 0.896. The molecule has 14 heteroatoms. The molecule has 4 rings (SSSR count). The number of thioether (sulfide) groups is 1. The van der Waals surface area contributed by atoms with E-state index in [4.69, 9.17) is 5.73 Å². The van der Waals surface area contributed by atoms with E-state index in [1.807, 2.05) is 54.6 Å². The summed E-state index contributed by atoms with van der Waals surface area (Å²) in [4.78, 5) is 77.5. The normalized spacial score (nSPS) is 15.6. The van der Waals surface area contributed by atoms with Gasteiger partial charge in [0.15, 0.2) is 0 Å². The lowest BCUT2D eigenvalue weighted by Gasteiger charge is -2.29. The van der Waals surface area contributed by atoms with Crippen molar-refractivity contribution in [1.29, 1.82) is 0 Å². The van der Waals surface area contributed by atoms with Gasteiger partial charge in [-0.2, -0.15) is 0 Å². The standard InChI is InChI=1S/C36H41N4O8PS/c1-47-33(43)23-38-34(44)29(39-31(41)19-18-28(37)36(46)48-2)24-50-30-22-32(42)40(35(30)45)20-21-49(25-12-6-3-7-13-25,26-14-8-4-9-15-26)27-16-10-5-11-17-27/h3-17,28-30H,18-24,37H2,1-2H3,(H-,38,39,41,44)/p+1. The highest BCUT2D eigenvalue weighted by Crippen LogP contribution is 2.55. The number of nitrogens with one attached hydrogen (secondary N) is 2. The zero-order chi connectivity index (χ0) is 36.1. The van der Waals surface area contributed by atoms with Gasteiger partial charge in [0.25, 0.3) is 0 Å². The highest BCUT2D eigenvalue weighted by molar-refractivity contribution is 8.00. The highest BCUT2D eigenvalue weighted by atomic mass is 32.2. The number of ether oxygens (including phenoxy) is 2. The number of nitrogens with two attached hydrogens (primary N) is 1. The average Bonchev–Trinajstić information content (AvgIpc) is 3.43. The molecule has 1 heterocycles. The first-order chi connectivity index (χ1) is 24.1. The zero-order valence-corrected chi connectivity index (χ0v) is 29.7. The van der Waals surface area contributed by atoms with E-state index in [1.165, 1.54) is 19.1 Å². The molecule has 264 valence electrons. The number of nitrogens with zero attached hydrogens (tertiary/aromatic N) is 1. The van der Waals surface area contributed by atoms with E-state index in [1.54, 1.807) is 0 Å². The van der Waals surface area contributed by atoms with Gasteiger partial charge in [-0.05, 0) is 42.8 Å². The van der Waals surface area contributed by atoms with Crippen molar-refractivity contribution >= 4 is 70.5 Å². The fourth-order valence-electron chi connectivity index (χ4n) is 5.72. The maximum atomic E-state index is 13.8.